The maximum Gasteiger partial charge on any atom is 0.269 e. The molecule has 0 amide bonds. The minimum absolute atomic E-state index is 0. The number of nitro groups is 1. The monoisotopic (exact) mass is 314 g/mol. The maximum atomic E-state index is 10.6. The Labute approximate surface area is 133 Å². The third-order valence-corrected chi connectivity index (χ3v) is 3.63. The molecule has 1 unspecified atom stereocenters. The van der Waals surface area contributed by atoms with Gasteiger partial charge in [-0.2, -0.15) is 0 Å². The first-order valence-electron chi connectivity index (χ1n) is 7.62. The van der Waals surface area contributed by atoms with Gasteiger partial charge in [0, 0.05) is 18.2 Å². The number of rotatable bonds is 10. The number of hydrogen-bond acceptors (Lipinski definition) is 3. The quantitative estimate of drug-likeness (QED) is 0.388. The first-order valence-corrected chi connectivity index (χ1v) is 7.62. The molecule has 0 aliphatic heterocycles. The van der Waals surface area contributed by atoms with E-state index >= 15 is 0 Å². The molecule has 21 heavy (non-hydrogen) atoms. The lowest BCUT2D eigenvalue weighted by Crippen LogP contribution is -2.20. The highest BCUT2D eigenvalue weighted by molar-refractivity contribution is 5.85. The number of nitrogens with two attached hydrogens (primary N) is 1. The van der Waals surface area contributed by atoms with Crippen LogP contribution in [0.5, 0.6) is 0 Å². The van der Waals surface area contributed by atoms with Crippen LogP contribution in [0.4, 0.5) is 5.69 Å². The lowest BCUT2D eigenvalue weighted by Gasteiger charge is -2.11. The van der Waals surface area contributed by atoms with Crippen molar-refractivity contribution in [2.45, 2.75) is 64.3 Å². The fraction of sp³-hybridized carbons (Fsp3) is 0.625. The van der Waals surface area contributed by atoms with E-state index in [1.54, 1.807) is 12.1 Å². The van der Waals surface area contributed by atoms with Crippen molar-refractivity contribution in [3.63, 3.8) is 0 Å². The Morgan fingerprint density at radius 3 is 2.29 bits per heavy atom. The molecule has 1 aromatic carbocycles. The number of halogens is 1. The molecule has 0 spiro atoms. The van der Waals surface area contributed by atoms with Crippen LogP contribution in [0.1, 0.15) is 57.4 Å². The van der Waals surface area contributed by atoms with Gasteiger partial charge in [0.1, 0.15) is 0 Å². The molecule has 0 radical (unpaired) electrons. The Bertz CT molecular complexity index is 396. The lowest BCUT2D eigenvalue weighted by atomic mass is 10.0. The second-order valence-electron chi connectivity index (χ2n) is 5.43. The molecule has 1 aromatic rings. The van der Waals surface area contributed by atoms with Gasteiger partial charge in [-0.15, -0.1) is 12.4 Å². The van der Waals surface area contributed by atoms with Gasteiger partial charge in [0.15, 0.2) is 0 Å². The first-order chi connectivity index (χ1) is 9.63. The highest BCUT2D eigenvalue weighted by Crippen LogP contribution is 2.15. The fourth-order valence-corrected chi connectivity index (χ4v) is 2.29. The Morgan fingerprint density at radius 2 is 1.71 bits per heavy atom. The van der Waals surface area contributed by atoms with Crippen LogP contribution in [0.2, 0.25) is 0 Å². The molecule has 0 heterocycles. The van der Waals surface area contributed by atoms with Crippen molar-refractivity contribution in [3.05, 3.63) is 39.9 Å². The van der Waals surface area contributed by atoms with Crippen LogP contribution < -0.4 is 5.73 Å². The molecule has 0 aliphatic rings. The summed E-state index contributed by atoms with van der Waals surface area (Å²) in [6.07, 6.45) is 9.31. The molecule has 5 heteroatoms. The first kappa shape index (κ1) is 19.9. The summed E-state index contributed by atoms with van der Waals surface area (Å²) in [5.74, 6) is 0. The predicted octanol–water partition coefficient (Wildman–Crippen LogP) is 4.64. The van der Waals surface area contributed by atoms with E-state index in [0.717, 1.165) is 24.8 Å². The Balaban J connectivity index is 0.00000400. The van der Waals surface area contributed by atoms with Crippen molar-refractivity contribution in [1.82, 2.24) is 0 Å². The summed E-state index contributed by atoms with van der Waals surface area (Å²) < 4.78 is 0. The van der Waals surface area contributed by atoms with Crippen molar-refractivity contribution in [2.24, 2.45) is 5.73 Å². The number of unbranched alkanes of at least 4 members (excludes halogenated alkanes) is 4. The highest BCUT2D eigenvalue weighted by Gasteiger charge is 2.06. The van der Waals surface area contributed by atoms with Gasteiger partial charge in [-0.05, 0) is 24.8 Å². The van der Waals surface area contributed by atoms with Gasteiger partial charge in [-0.1, -0.05) is 51.2 Å². The van der Waals surface area contributed by atoms with Crippen molar-refractivity contribution in [1.29, 1.82) is 0 Å². The van der Waals surface area contributed by atoms with Gasteiger partial charge < -0.3 is 5.73 Å². The summed E-state index contributed by atoms with van der Waals surface area (Å²) in [5, 5.41) is 10.6. The number of benzene rings is 1. The Morgan fingerprint density at radius 1 is 1.10 bits per heavy atom. The maximum absolute atomic E-state index is 10.6. The molecular formula is C16H27ClN2O2. The van der Waals surface area contributed by atoms with Crippen molar-refractivity contribution in [3.8, 4) is 0 Å². The van der Waals surface area contributed by atoms with Gasteiger partial charge >= 0.3 is 0 Å². The predicted molar refractivity (Wildman–Crippen MR) is 90.0 cm³/mol. The highest BCUT2D eigenvalue weighted by atomic mass is 35.5. The average molecular weight is 315 g/mol. The van der Waals surface area contributed by atoms with E-state index in [1.807, 2.05) is 12.1 Å². The van der Waals surface area contributed by atoms with Gasteiger partial charge in [-0.25, -0.2) is 0 Å². The van der Waals surface area contributed by atoms with Crippen LogP contribution in [0, 0.1) is 10.1 Å². The summed E-state index contributed by atoms with van der Waals surface area (Å²) >= 11 is 0. The number of nitro benzene ring substituents is 1. The Hall–Kier alpha value is -1.13. The normalized spacial score (nSPS) is 11.7. The minimum Gasteiger partial charge on any atom is -0.328 e. The van der Waals surface area contributed by atoms with Gasteiger partial charge in [0.05, 0.1) is 4.92 Å². The van der Waals surface area contributed by atoms with E-state index < -0.39 is 0 Å². The average Bonchev–Trinajstić information content (AvgIpc) is 2.45. The van der Waals surface area contributed by atoms with Gasteiger partial charge in [0.2, 0.25) is 0 Å². The van der Waals surface area contributed by atoms with E-state index in [0.29, 0.717) is 0 Å². The van der Waals surface area contributed by atoms with Crippen LogP contribution >= 0.6 is 12.4 Å². The zero-order valence-corrected chi connectivity index (χ0v) is 13.6. The molecule has 0 saturated carbocycles. The van der Waals surface area contributed by atoms with E-state index in [1.165, 1.54) is 32.1 Å². The summed E-state index contributed by atoms with van der Waals surface area (Å²) in [4.78, 5) is 10.2. The van der Waals surface area contributed by atoms with E-state index in [4.69, 9.17) is 5.73 Å². The van der Waals surface area contributed by atoms with Crippen LogP contribution in [0.25, 0.3) is 0 Å². The molecule has 1 atom stereocenters. The number of nitrogens with zero attached hydrogens (tertiary/aromatic N) is 1. The molecule has 0 fully saturated rings. The van der Waals surface area contributed by atoms with Gasteiger partial charge in [0.25, 0.3) is 5.69 Å². The molecule has 0 saturated heterocycles. The van der Waals surface area contributed by atoms with Crippen LogP contribution in [-0.4, -0.2) is 11.0 Å². The van der Waals surface area contributed by atoms with Crippen LogP contribution in [-0.2, 0) is 6.42 Å². The van der Waals surface area contributed by atoms with Crippen molar-refractivity contribution >= 4 is 18.1 Å². The molecule has 1 rings (SSSR count). The zero-order chi connectivity index (χ0) is 14.8. The number of non-ortho nitro benzene ring substituents is 1. The van der Waals surface area contributed by atoms with Crippen molar-refractivity contribution < 1.29 is 4.92 Å². The largest absolute Gasteiger partial charge is 0.328 e. The standard InChI is InChI=1S/C16H26N2O2.ClH/c1-2-3-4-5-6-7-15(17)11-8-14-9-12-16(13-10-14)18(19)20;/h9-10,12-13,15H,2-8,11,17H2,1H3;1H. The van der Waals surface area contributed by atoms with E-state index in [9.17, 15) is 10.1 Å². The number of aryl methyl sites for hydroxylation is 1. The van der Waals surface area contributed by atoms with Gasteiger partial charge in [-0.3, -0.25) is 10.1 Å². The molecular weight excluding hydrogens is 288 g/mol. The molecule has 0 aromatic heterocycles. The van der Waals surface area contributed by atoms with E-state index in [-0.39, 0.29) is 29.1 Å². The number of hydrogen-bond donors (Lipinski definition) is 1. The lowest BCUT2D eigenvalue weighted by molar-refractivity contribution is -0.384. The summed E-state index contributed by atoms with van der Waals surface area (Å²) in [7, 11) is 0. The minimum atomic E-state index is -0.369. The van der Waals surface area contributed by atoms with Crippen LogP contribution in [0.3, 0.4) is 0 Å². The SMILES string of the molecule is CCCCCCCC(N)CCc1ccc([N+](=O)[O-])cc1.Cl. The summed E-state index contributed by atoms with van der Waals surface area (Å²) in [6.45, 7) is 2.22. The molecule has 2 N–H and O–H groups in total. The smallest absolute Gasteiger partial charge is 0.269 e. The zero-order valence-electron chi connectivity index (χ0n) is 12.8. The Kier molecular flexibility index (Phi) is 10.9. The topological polar surface area (TPSA) is 69.2 Å². The summed E-state index contributed by atoms with van der Waals surface area (Å²) in [5.41, 5.74) is 7.38. The molecule has 4 nitrogen and oxygen atoms in total. The summed E-state index contributed by atoms with van der Waals surface area (Å²) in [6, 6.07) is 7.02. The fourth-order valence-electron chi connectivity index (χ4n) is 2.29. The third-order valence-electron chi connectivity index (χ3n) is 3.63. The van der Waals surface area contributed by atoms with Crippen molar-refractivity contribution in [2.75, 3.05) is 0 Å². The molecule has 0 bridgehead atoms. The third kappa shape index (κ3) is 8.68. The van der Waals surface area contributed by atoms with Crippen LogP contribution in [0.15, 0.2) is 24.3 Å². The molecule has 120 valence electrons. The van der Waals surface area contributed by atoms with E-state index in [2.05, 4.69) is 6.92 Å². The second-order valence-corrected chi connectivity index (χ2v) is 5.43. The molecule has 0 aliphatic carbocycles. The second kappa shape index (κ2) is 11.5.